The van der Waals surface area contributed by atoms with Gasteiger partial charge in [-0.3, -0.25) is 4.79 Å². The van der Waals surface area contributed by atoms with Crippen LogP contribution >= 0.6 is 23.4 Å². The van der Waals surface area contributed by atoms with Crippen molar-refractivity contribution in [1.29, 1.82) is 0 Å². The molecule has 0 aromatic heterocycles. The van der Waals surface area contributed by atoms with Crippen molar-refractivity contribution in [3.63, 3.8) is 0 Å². The third-order valence-electron chi connectivity index (χ3n) is 4.11. The topological polar surface area (TPSA) is 66.8 Å². The molecule has 2 aliphatic heterocycles. The number of rotatable bonds is 4. The Labute approximate surface area is 154 Å². The van der Waals surface area contributed by atoms with E-state index in [-0.39, 0.29) is 39.8 Å². The zero-order chi connectivity index (χ0) is 18.2. The molecule has 3 rings (SSSR count). The average molecular weight is 403 g/mol. The van der Waals surface area contributed by atoms with Crippen LogP contribution in [0, 0.1) is 5.82 Å². The van der Waals surface area contributed by atoms with Crippen LogP contribution in [-0.2, 0) is 21.1 Å². The summed E-state index contributed by atoms with van der Waals surface area (Å²) >= 11 is 7.22. The third-order valence-corrected chi connectivity index (χ3v) is 7.71. The van der Waals surface area contributed by atoms with Gasteiger partial charge in [0.2, 0.25) is 0 Å². The summed E-state index contributed by atoms with van der Waals surface area (Å²) in [7, 11) is -3.07. The number of amidine groups is 1. The number of hydrogen-bond acceptors (Lipinski definition) is 4. The first-order chi connectivity index (χ1) is 11.8. The molecular formula is C16H16ClFN2O3S2. The van der Waals surface area contributed by atoms with Gasteiger partial charge >= 0.3 is 0 Å². The molecule has 5 nitrogen and oxygen atoms in total. The van der Waals surface area contributed by atoms with Crippen molar-refractivity contribution in [2.75, 3.05) is 18.1 Å². The molecule has 1 aromatic rings. The Bertz CT molecular complexity index is 837. The van der Waals surface area contributed by atoms with Crippen LogP contribution in [0.4, 0.5) is 4.39 Å². The predicted molar refractivity (Wildman–Crippen MR) is 98.3 cm³/mol. The van der Waals surface area contributed by atoms with Crippen LogP contribution in [0.3, 0.4) is 0 Å². The largest absolute Gasteiger partial charge is 0.342 e. The number of nitrogens with zero attached hydrogens (tertiary/aromatic N) is 2. The number of aliphatic imine (C=N–C) groups is 1. The van der Waals surface area contributed by atoms with Crippen molar-refractivity contribution in [2.24, 2.45) is 4.99 Å². The van der Waals surface area contributed by atoms with Gasteiger partial charge in [-0.25, -0.2) is 12.8 Å². The molecule has 2 saturated heterocycles. The second kappa shape index (κ2) is 7.09. The molecule has 0 radical (unpaired) electrons. The van der Waals surface area contributed by atoms with Gasteiger partial charge in [0.15, 0.2) is 15.0 Å². The van der Waals surface area contributed by atoms with Crippen molar-refractivity contribution in [1.82, 2.24) is 4.90 Å². The molecular weight excluding hydrogens is 387 g/mol. The molecule has 0 saturated carbocycles. The van der Waals surface area contributed by atoms with Crippen molar-refractivity contribution >= 4 is 44.3 Å². The van der Waals surface area contributed by atoms with Crippen molar-refractivity contribution in [3.05, 3.63) is 47.3 Å². The van der Waals surface area contributed by atoms with E-state index in [4.69, 9.17) is 11.6 Å². The van der Waals surface area contributed by atoms with Gasteiger partial charge in [0.1, 0.15) is 5.82 Å². The minimum atomic E-state index is -3.07. The number of hydrogen-bond donors (Lipinski definition) is 0. The Kier molecular flexibility index (Phi) is 5.22. The van der Waals surface area contributed by atoms with Gasteiger partial charge in [0.05, 0.1) is 24.0 Å². The second-order valence-corrected chi connectivity index (χ2v) is 9.67. The van der Waals surface area contributed by atoms with Crippen LogP contribution < -0.4 is 0 Å². The van der Waals surface area contributed by atoms with Gasteiger partial charge in [-0.15, -0.1) is 6.58 Å². The highest BCUT2D eigenvalue weighted by Gasteiger charge is 2.48. The Morgan fingerprint density at radius 3 is 2.92 bits per heavy atom. The smallest absolute Gasteiger partial charge is 0.252 e. The van der Waals surface area contributed by atoms with E-state index < -0.39 is 21.6 Å². The molecule has 0 bridgehead atoms. The number of halogens is 2. The van der Waals surface area contributed by atoms with Crippen LogP contribution in [0.5, 0.6) is 0 Å². The van der Waals surface area contributed by atoms with E-state index in [1.807, 2.05) is 0 Å². The lowest BCUT2D eigenvalue weighted by molar-refractivity contribution is -0.117. The maximum atomic E-state index is 13.8. The zero-order valence-electron chi connectivity index (χ0n) is 13.2. The maximum absolute atomic E-state index is 13.8. The summed E-state index contributed by atoms with van der Waals surface area (Å²) in [6.45, 7) is 4.07. The minimum Gasteiger partial charge on any atom is -0.342 e. The molecule has 2 aliphatic rings. The Morgan fingerprint density at radius 2 is 2.24 bits per heavy atom. The first kappa shape index (κ1) is 18.4. The number of sulfone groups is 1. The number of benzene rings is 1. The van der Waals surface area contributed by atoms with E-state index in [0.29, 0.717) is 11.7 Å². The summed E-state index contributed by atoms with van der Waals surface area (Å²) in [5.74, 6) is -0.954. The lowest BCUT2D eigenvalue weighted by atomic mass is 10.1. The molecule has 0 aliphatic carbocycles. The van der Waals surface area contributed by atoms with Crippen LogP contribution in [-0.4, -0.2) is 53.7 Å². The van der Waals surface area contributed by atoms with Gasteiger partial charge in [-0.1, -0.05) is 35.5 Å². The quantitative estimate of drug-likeness (QED) is 0.723. The van der Waals surface area contributed by atoms with Gasteiger partial charge in [-0.2, -0.15) is 4.99 Å². The fraction of sp³-hybridized carbons (Fsp3) is 0.375. The minimum absolute atomic E-state index is 0.0465. The second-order valence-electron chi connectivity index (χ2n) is 5.91. The first-order valence-corrected chi connectivity index (χ1v) is 10.7. The molecule has 0 N–H and O–H groups in total. The summed E-state index contributed by atoms with van der Waals surface area (Å²) in [5.41, 5.74) is 0.111. The molecule has 0 spiro atoms. The van der Waals surface area contributed by atoms with Crippen molar-refractivity contribution in [2.45, 2.75) is 17.7 Å². The van der Waals surface area contributed by atoms with E-state index in [2.05, 4.69) is 11.6 Å². The van der Waals surface area contributed by atoms with Gasteiger partial charge in [0, 0.05) is 22.4 Å². The highest BCUT2D eigenvalue weighted by atomic mass is 35.5. The summed E-state index contributed by atoms with van der Waals surface area (Å²) in [4.78, 5) is 18.1. The molecule has 2 fully saturated rings. The summed E-state index contributed by atoms with van der Waals surface area (Å²) < 4.78 is 37.4. The lowest BCUT2D eigenvalue weighted by Gasteiger charge is -2.22. The Balaban J connectivity index is 1.80. The van der Waals surface area contributed by atoms with Gasteiger partial charge < -0.3 is 4.90 Å². The molecule has 1 amide bonds. The fourth-order valence-electron chi connectivity index (χ4n) is 2.99. The van der Waals surface area contributed by atoms with E-state index in [0.717, 1.165) is 0 Å². The highest BCUT2D eigenvalue weighted by Crippen LogP contribution is 2.38. The van der Waals surface area contributed by atoms with Crippen molar-refractivity contribution < 1.29 is 17.6 Å². The highest BCUT2D eigenvalue weighted by molar-refractivity contribution is 8.15. The fourth-order valence-corrected chi connectivity index (χ4v) is 7.19. The lowest BCUT2D eigenvalue weighted by Crippen LogP contribution is -2.37. The molecule has 134 valence electrons. The molecule has 9 heteroatoms. The van der Waals surface area contributed by atoms with Gasteiger partial charge in [-0.05, 0) is 12.1 Å². The third kappa shape index (κ3) is 3.91. The van der Waals surface area contributed by atoms with E-state index in [1.165, 1.54) is 30.0 Å². The molecule has 25 heavy (non-hydrogen) atoms. The summed E-state index contributed by atoms with van der Waals surface area (Å²) in [6, 6.07) is 4.02. The van der Waals surface area contributed by atoms with Crippen LogP contribution in [0.1, 0.15) is 5.56 Å². The number of carbonyl (C=O) groups is 1. The SMILES string of the molecule is C=CCN1C(=NC(=O)Cc2c(F)cccc2Cl)S[C@H]2CS(=O)(=O)C[C@@H]21. The molecule has 2 heterocycles. The van der Waals surface area contributed by atoms with Crippen molar-refractivity contribution in [3.8, 4) is 0 Å². The number of thioether (sulfide) groups is 1. The predicted octanol–water partition coefficient (Wildman–Crippen LogP) is 2.30. The Hall–Kier alpha value is -1.38. The first-order valence-electron chi connectivity index (χ1n) is 7.60. The summed E-state index contributed by atoms with van der Waals surface area (Å²) in [6.07, 6.45) is 1.40. The number of carbonyl (C=O) groups excluding carboxylic acids is 1. The molecule has 1 aromatic carbocycles. The van der Waals surface area contributed by atoms with Crippen LogP contribution in [0.25, 0.3) is 0 Å². The van der Waals surface area contributed by atoms with Crippen LogP contribution in [0.2, 0.25) is 5.02 Å². The normalized spacial score (nSPS) is 26.0. The average Bonchev–Trinajstić information content (AvgIpc) is 2.96. The van der Waals surface area contributed by atoms with E-state index >= 15 is 0 Å². The number of fused-ring (bicyclic) bond motifs is 1. The zero-order valence-corrected chi connectivity index (χ0v) is 15.6. The monoisotopic (exact) mass is 402 g/mol. The molecule has 0 unspecified atom stereocenters. The van der Waals surface area contributed by atoms with E-state index in [9.17, 15) is 17.6 Å². The van der Waals surface area contributed by atoms with E-state index in [1.54, 1.807) is 11.0 Å². The Morgan fingerprint density at radius 1 is 1.48 bits per heavy atom. The summed E-state index contributed by atoms with van der Waals surface area (Å²) in [5, 5.41) is 0.495. The standard InChI is InChI=1S/C16H16ClFN2O3S2/c1-2-6-20-13-8-25(22,23)9-14(13)24-16(20)19-15(21)7-10-11(17)4-3-5-12(10)18/h2-5,13-14H,1,6-9H2/t13-,14-/m0/s1. The van der Waals surface area contributed by atoms with Gasteiger partial charge in [0.25, 0.3) is 5.91 Å². The number of amides is 1. The maximum Gasteiger partial charge on any atom is 0.252 e. The van der Waals surface area contributed by atoms with Crippen LogP contribution in [0.15, 0.2) is 35.8 Å². The molecule has 2 atom stereocenters.